The van der Waals surface area contributed by atoms with Crippen LogP contribution in [0.4, 0.5) is 11.6 Å². The Bertz CT molecular complexity index is 935. The monoisotopic (exact) mass is 385 g/mol. The van der Waals surface area contributed by atoms with Crippen LogP contribution in [0.15, 0.2) is 40.7 Å². The number of carbonyl (C=O) groups excluding carboxylic acids is 1. The van der Waals surface area contributed by atoms with E-state index in [1.807, 2.05) is 0 Å². The highest BCUT2D eigenvalue weighted by Crippen LogP contribution is 2.40. The van der Waals surface area contributed by atoms with Gasteiger partial charge >= 0.3 is 0 Å². The van der Waals surface area contributed by atoms with Crippen molar-refractivity contribution < 1.29 is 9.72 Å². The van der Waals surface area contributed by atoms with E-state index in [2.05, 4.69) is 22.3 Å². The number of benzene rings is 1. The van der Waals surface area contributed by atoms with Crippen LogP contribution in [0.2, 0.25) is 0 Å². The van der Waals surface area contributed by atoms with Crippen molar-refractivity contribution in [2.75, 3.05) is 11.1 Å². The predicted molar refractivity (Wildman–Crippen MR) is 102 cm³/mol. The Labute approximate surface area is 160 Å². The zero-order chi connectivity index (χ0) is 19.0. The lowest BCUT2D eigenvalue weighted by atomic mass is 9.85. The molecule has 1 N–H and O–H groups in total. The standard InChI is InChI=1S/C18H19N5O3S/c1-2-10-27-18-20-17-19-13-4-3-5-14(24)15(13)16(22(17)21-18)11-6-8-12(9-7-11)23(25)26/h6-9,16H,2-5,10H2,1H3,(H,19,20,21). The Morgan fingerprint density at radius 3 is 2.81 bits per heavy atom. The first kappa shape index (κ1) is 17.7. The van der Waals surface area contributed by atoms with Crippen LogP contribution >= 0.6 is 11.8 Å². The highest BCUT2D eigenvalue weighted by Gasteiger charge is 2.36. The van der Waals surface area contributed by atoms with Crippen molar-refractivity contribution in [3.05, 3.63) is 51.2 Å². The number of ketones is 1. The molecule has 8 nitrogen and oxygen atoms in total. The average Bonchev–Trinajstić information content (AvgIpc) is 3.07. The number of nitro benzene ring substituents is 1. The van der Waals surface area contributed by atoms with Crippen molar-refractivity contribution in [2.24, 2.45) is 0 Å². The molecule has 0 saturated heterocycles. The summed E-state index contributed by atoms with van der Waals surface area (Å²) >= 11 is 1.58. The number of rotatable bonds is 5. The van der Waals surface area contributed by atoms with E-state index < -0.39 is 11.0 Å². The molecule has 0 saturated carbocycles. The van der Waals surface area contributed by atoms with E-state index in [0.29, 0.717) is 23.1 Å². The lowest BCUT2D eigenvalue weighted by molar-refractivity contribution is -0.384. The maximum Gasteiger partial charge on any atom is 0.269 e. The minimum Gasteiger partial charge on any atom is -0.328 e. The fourth-order valence-electron chi connectivity index (χ4n) is 3.48. The smallest absolute Gasteiger partial charge is 0.269 e. The number of nitro groups is 1. The molecule has 1 aromatic carbocycles. The van der Waals surface area contributed by atoms with Crippen LogP contribution in [0.25, 0.3) is 0 Å². The van der Waals surface area contributed by atoms with Crippen LogP contribution < -0.4 is 5.32 Å². The number of fused-ring (bicyclic) bond motifs is 1. The van der Waals surface area contributed by atoms with Crippen molar-refractivity contribution in [3.8, 4) is 0 Å². The predicted octanol–water partition coefficient (Wildman–Crippen LogP) is 3.71. The van der Waals surface area contributed by atoms with Gasteiger partial charge in [0.15, 0.2) is 5.78 Å². The summed E-state index contributed by atoms with van der Waals surface area (Å²) < 4.78 is 1.74. The van der Waals surface area contributed by atoms with E-state index >= 15 is 0 Å². The minimum atomic E-state index is -0.428. The second-order valence-corrected chi connectivity index (χ2v) is 7.62. The highest BCUT2D eigenvalue weighted by atomic mass is 32.2. The molecule has 140 valence electrons. The molecule has 2 heterocycles. The Balaban J connectivity index is 1.80. The fraction of sp³-hybridized carbons (Fsp3) is 0.389. The largest absolute Gasteiger partial charge is 0.328 e. The molecule has 2 aromatic rings. The van der Waals surface area contributed by atoms with Gasteiger partial charge in [-0.05, 0) is 37.0 Å². The number of non-ortho nitro benzene ring substituents is 1. The van der Waals surface area contributed by atoms with E-state index in [4.69, 9.17) is 0 Å². The maximum absolute atomic E-state index is 12.7. The number of allylic oxidation sites excluding steroid dienone is 2. The first-order chi connectivity index (χ1) is 13.1. The van der Waals surface area contributed by atoms with Crippen molar-refractivity contribution in [1.82, 2.24) is 14.8 Å². The molecule has 0 fully saturated rings. The van der Waals surface area contributed by atoms with Crippen LogP contribution in [0.5, 0.6) is 0 Å². The second-order valence-electron chi connectivity index (χ2n) is 6.56. The first-order valence-electron chi connectivity index (χ1n) is 8.95. The van der Waals surface area contributed by atoms with Gasteiger partial charge in [-0.2, -0.15) is 4.98 Å². The quantitative estimate of drug-likeness (QED) is 0.475. The summed E-state index contributed by atoms with van der Waals surface area (Å²) in [6, 6.07) is 5.92. The van der Waals surface area contributed by atoms with Crippen LogP contribution in [-0.2, 0) is 4.79 Å². The Hall–Kier alpha value is -2.68. The van der Waals surface area contributed by atoms with Gasteiger partial charge in [0.1, 0.15) is 6.04 Å². The van der Waals surface area contributed by atoms with E-state index in [-0.39, 0.29) is 11.5 Å². The molecule has 1 unspecified atom stereocenters. The third kappa shape index (κ3) is 3.23. The summed E-state index contributed by atoms with van der Waals surface area (Å²) in [4.78, 5) is 27.8. The number of thioether (sulfide) groups is 1. The lowest BCUT2D eigenvalue weighted by Crippen LogP contribution is -2.31. The Morgan fingerprint density at radius 2 is 2.11 bits per heavy atom. The van der Waals surface area contributed by atoms with Crippen LogP contribution in [-0.4, -0.2) is 31.2 Å². The third-order valence-electron chi connectivity index (χ3n) is 4.70. The second kappa shape index (κ2) is 7.15. The van der Waals surface area contributed by atoms with Gasteiger partial charge in [-0.3, -0.25) is 14.9 Å². The number of nitrogens with zero attached hydrogens (tertiary/aromatic N) is 4. The molecule has 1 aliphatic heterocycles. The van der Waals surface area contributed by atoms with Gasteiger partial charge in [0.05, 0.1) is 4.92 Å². The van der Waals surface area contributed by atoms with Gasteiger partial charge in [-0.15, -0.1) is 5.10 Å². The summed E-state index contributed by atoms with van der Waals surface area (Å²) in [7, 11) is 0. The molecule has 0 radical (unpaired) electrons. The number of hydrogen-bond donors (Lipinski definition) is 1. The van der Waals surface area contributed by atoms with Crippen LogP contribution in [0.3, 0.4) is 0 Å². The van der Waals surface area contributed by atoms with Gasteiger partial charge in [-0.1, -0.05) is 18.7 Å². The zero-order valence-electron chi connectivity index (χ0n) is 14.8. The zero-order valence-corrected chi connectivity index (χ0v) is 15.7. The minimum absolute atomic E-state index is 0.0230. The number of anilines is 1. The molecule has 0 bridgehead atoms. The first-order valence-corrected chi connectivity index (χ1v) is 9.94. The SMILES string of the molecule is CCCSc1nc2n(n1)C(c1ccc([N+](=O)[O-])cc1)C1=C(CCCC1=O)N2. The number of nitrogens with one attached hydrogen (secondary N) is 1. The molecule has 0 amide bonds. The van der Waals surface area contributed by atoms with E-state index in [1.54, 1.807) is 28.6 Å². The summed E-state index contributed by atoms with van der Waals surface area (Å²) in [5, 5.41) is 19.5. The number of aromatic nitrogens is 3. The number of Topliss-reactive ketones (excluding diaryl/α,β-unsaturated/α-hetero) is 1. The maximum atomic E-state index is 12.7. The van der Waals surface area contributed by atoms with Crippen LogP contribution in [0, 0.1) is 10.1 Å². The molecule has 2 aliphatic rings. The lowest BCUT2D eigenvalue weighted by Gasteiger charge is -2.32. The van der Waals surface area contributed by atoms with Crippen molar-refractivity contribution in [1.29, 1.82) is 0 Å². The van der Waals surface area contributed by atoms with E-state index in [0.717, 1.165) is 36.3 Å². The summed E-state index contributed by atoms with van der Waals surface area (Å²) in [6.07, 6.45) is 3.12. The van der Waals surface area contributed by atoms with Crippen molar-refractivity contribution >= 4 is 29.2 Å². The highest BCUT2D eigenvalue weighted by molar-refractivity contribution is 7.99. The Morgan fingerprint density at radius 1 is 1.33 bits per heavy atom. The topological polar surface area (TPSA) is 103 Å². The summed E-state index contributed by atoms with van der Waals surface area (Å²) in [6.45, 7) is 2.10. The molecule has 27 heavy (non-hydrogen) atoms. The fourth-order valence-corrected chi connectivity index (χ4v) is 4.16. The average molecular weight is 385 g/mol. The summed E-state index contributed by atoms with van der Waals surface area (Å²) in [5.41, 5.74) is 2.40. The van der Waals surface area contributed by atoms with E-state index in [1.165, 1.54) is 12.1 Å². The van der Waals surface area contributed by atoms with Crippen molar-refractivity contribution in [2.45, 2.75) is 43.8 Å². The van der Waals surface area contributed by atoms with Gasteiger partial charge in [0.2, 0.25) is 11.1 Å². The molecule has 0 spiro atoms. The van der Waals surface area contributed by atoms with Crippen molar-refractivity contribution in [3.63, 3.8) is 0 Å². The van der Waals surface area contributed by atoms with Gasteiger partial charge in [0.25, 0.3) is 5.69 Å². The molecule has 9 heteroatoms. The Kier molecular flexibility index (Phi) is 4.69. The molecule has 1 aliphatic carbocycles. The molecule has 4 rings (SSSR count). The normalized spacial score (nSPS) is 18.7. The number of carbonyl (C=O) groups is 1. The van der Waals surface area contributed by atoms with E-state index in [9.17, 15) is 14.9 Å². The number of hydrogen-bond acceptors (Lipinski definition) is 7. The molecular formula is C18H19N5O3S. The van der Waals surface area contributed by atoms with Gasteiger partial charge < -0.3 is 5.32 Å². The third-order valence-corrected chi connectivity index (χ3v) is 5.75. The van der Waals surface area contributed by atoms with Crippen LogP contribution in [0.1, 0.15) is 44.2 Å². The van der Waals surface area contributed by atoms with Gasteiger partial charge in [0, 0.05) is 35.6 Å². The summed E-state index contributed by atoms with van der Waals surface area (Å²) in [5.74, 6) is 1.62. The molecular weight excluding hydrogens is 366 g/mol. The van der Waals surface area contributed by atoms with Gasteiger partial charge in [-0.25, -0.2) is 4.68 Å². The molecule has 1 atom stereocenters. The molecule has 1 aromatic heterocycles.